The Kier molecular flexibility index (Phi) is 8.54. The molecule has 3 N–H and O–H groups in total. The summed E-state index contributed by atoms with van der Waals surface area (Å²) in [5.41, 5.74) is 1.92. The first kappa shape index (κ1) is 24.8. The number of nitrogens with one attached hydrogen (secondary N) is 2. The Labute approximate surface area is 186 Å². The van der Waals surface area contributed by atoms with Crippen LogP contribution in [0.4, 0.5) is 5.69 Å². The Morgan fingerprint density at radius 3 is 2.35 bits per heavy atom. The molecule has 2 atom stereocenters. The number of ether oxygens (including phenoxy) is 1. The normalized spacial score (nSPS) is 13.5. The van der Waals surface area contributed by atoms with Crippen molar-refractivity contribution in [3.05, 3.63) is 45.9 Å². The molecule has 1 aromatic carbocycles. The largest absolute Gasteiger partial charge is 0.468 e. The zero-order valence-corrected chi connectivity index (χ0v) is 19.4. The van der Waals surface area contributed by atoms with Crippen LogP contribution in [0.1, 0.15) is 43.1 Å². The van der Waals surface area contributed by atoms with E-state index in [1.165, 1.54) is 30.6 Å². The van der Waals surface area contributed by atoms with E-state index < -0.39 is 34.1 Å². The van der Waals surface area contributed by atoms with E-state index in [2.05, 4.69) is 10.3 Å². The van der Waals surface area contributed by atoms with Crippen LogP contribution in [0.5, 0.6) is 0 Å². The van der Waals surface area contributed by atoms with Gasteiger partial charge >= 0.3 is 16.3 Å². The molecular formula is C20H27N3O6S2. The average molecular weight is 470 g/mol. The van der Waals surface area contributed by atoms with Crippen LogP contribution in [-0.4, -0.2) is 36.9 Å². The molecule has 31 heavy (non-hydrogen) atoms. The topological polar surface area (TPSA) is 135 Å². The molecule has 0 aliphatic heterocycles. The van der Waals surface area contributed by atoms with Crippen LogP contribution in [0.25, 0.3) is 0 Å². The van der Waals surface area contributed by atoms with E-state index in [0.717, 1.165) is 17.7 Å². The number of aryl methyl sites for hydroxylation is 1. The predicted molar refractivity (Wildman–Crippen MR) is 118 cm³/mol. The SMILES string of the molecule is CCc1csc(C(Cc2ccc(NS(=O)(=O)O)cc2)NC(=O)C(C(=O)OC)C(C)C)n1. The molecule has 2 rings (SSSR count). The van der Waals surface area contributed by atoms with Crippen molar-refractivity contribution in [3.63, 3.8) is 0 Å². The number of rotatable bonds is 10. The molecule has 11 heteroatoms. The smallest absolute Gasteiger partial charge is 0.357 e. The van der Waals surface area contributed by atoms with Crippen molar-refractivity contribution in [2.45, 2.75) is 39.7 Å². The number of anilines is 1. The molecule has 0 bridgehead atoms. The fraction of sp³-hybridized carbons (Fsp3) is 0.450. The first-order valence-corrected chi connectivity index (χ1v) is 12.0. The monoisotopic (exact) mass is 469 g/mol. The summed E-state index contributed by atoms with van der Waals surface area (Å²) in [5, 5.41) is 5.56. The van der Waals surface area contributed by atoms with Crippen LogP contribution in [0.3, 0.4) is 0 Å². The number of aromatic nitrogens is 1. The zero-order valence-electron chi connectivity index (χ0n) is 17.8. The number of hydrogen-bond acceptors (Lipinski definition) is 7. The summed E-state index contributed by atoms with van der Waals surface area (Å²) < 4.78 is 37.6. The van der Waals surface area contributed by atoms with E-state index in [4.69, 9.17) is 9.29 Å². The molecule has 0 aliphatic rings. The van der Waals surface area contributed by atoms with E-state index in [0.29, 0.717) is 11.4 Å². The lowest BCUT2D eigenvalue weighted by molar-refractivity contribution is -0.152. The third-order valence-electron chi connectivity index (χ3n) is 4.59. The summed E-state index contributed by atoms with van der Waals surface area (Å²) in [7, 11) is -3.11. The van der Waals surface area contributed by atoms with Gasteiger partial charge in [0.2, 0.25) is 5.91 Å². The number of methoxy groups -OCH3 is 1. The highest BCUT2D eigenvalue weighted by molar-refractivity contribution is 7.87. The van der Waals surface area contributed by atoms with Gasteiger partial charge in [0.15, 0.2) is 0 Å². The van der Waals surface area contributed by atoms with Gasteiger partial charge in [-0.25, -0.2) is 4.98 Å². The van der Waals surface area contributed by atoms with Gasteiger partial charge in [0.25, 0.3) is 0 Å². The van der Waals surface area contributed by atoms with Gasteiger partial charge in [0, 0.05) is 5.38 Å². The van der Waals surface area contributed by atoms with Crippen molar-refractivity contribution in [2.75, 3.05) is 11.8 Å². The molecule has 1 heterocycles. The minimum Gasteiger partial charge on any atom is -0.468 e. The molecule has 1 aromatic heterocycles. The number of benzene rings is 1. The summed E-state index contributed by atoms with van der Waals surface area (Å²) >= 11 is 1.42. The third kappa shape index (κ3) is 7.30. The Balaban J connectivity index is 2.27. The maximum absolute atomic E-state index is 12.9. The van der Waals surface area contributed by atoms with Crippen LogP contribution >= 0.6 is 11.3 Å². The Hall–Kier alpha value is -2.50. The molecule has 9 nitrogen and oxygen atoms in total. The maximum Gasteiger partial charge on any atom is 0.357 e. The Morgan fingerprint density at radius 2 is 1.87 bits per heavy atom. The van der Waals surface area contributed by atoms with Crippen LogP contribution in [0.2, 0.25) is 0 Å². The van der Waals surface area contributed by atoms with Crippen molar-refractivity contribution in [3.8, 4) is 0 Å². The molecule has 0 fully saturated rings. The number of nitrogens with zero attached hydrogens (tertiary/aromatic N) is 1. The van der Waals surface area contributed by atoms with E-state index in [1.54, 1.807) is 26.0 Å². The fourth-order valence-electron chi connectivity index (χ4n) is 3.01. The van der Waals surface area contributed by atoms with Gasteiger partial charge < -0.3 is 10.1 Å². The number of carbonyl (C=O) groups excluding carboxylic acids is 2. The highest BCUT2D eigenvalue weighted by atomic mass is 32.2. The Bertz CT molecular complexity index is 1000. The summed E-state index contributed by atoms with van der Waals surface area (Å²) in [6, 6.07) is 5.89. The van der Waals surface area contributed by atoms with E-state index in [-0.39, 0.29) is 11.6 Å². The van der Waals surface area contributed by atoms with Gasteiger partial charge in [-0.3, -0.25) is 18.9 Å². The number of thiazole rings is 1. The fourth-order valence-corrected chi connectivity index (χ4v) is 4.40. The van der Waals surface area contributed by atoms with Gasteiger partial charge in [0.1, 0.15) is 10.9 Å². The molecule has 2 unspecified atom stereocenters. The third-order valence-corrected chi connectivity index (χ3v) is 6.09. The van der Waals surface area contributed by atoms with E-state index in [9.17, 15) is 18.0 Å². The summed E-state index contributed by atoms with van der Waals surface area (Å²) in [6.45, 7) is 5.53. The maximum atomic E-state index is 12.9. The quantitative estimate of drug-likeness (QED) is 0.277. The van der Waals surface area contributed by atoms with E-state index >= 15 is 0 Å². The van der Waals surface area contributed by atoms with Crippen molar-refractivity contribution in [1.29, 1.82) is 0 Å². The van der Waals surface area contributed by atoms with Gasteiger partial charge in [-0.1, -0.05) is 32.9 Å². The Morgan fingerprint density at radius 1 is 1.23 bits per heavy atom. The molecule has 0 aliphatic carbocycles. The van der Waals surface area contributed by atoms with Gasteiger partial charge in [-0.2, -0.15) is 8.42 Å². The highest BCUT2D eigenvalue weighted by Crippen LogP contribution is 2.25. The van der Waals surface area contributed by atoms with Crippen LogP contribution in [0, 0.1) is 11.8 Å². The van der Waals surface area contributed by atoms with Gasteiger partial charge in [0.05, 0.1) is 24.5 Å². The minimum atomic E-state index is -4.36. The summed E-state index contributed by atoms with van der Waals surface area (Å²) in [6.07, 6.45) is 1.13. The summed E-state index contributed by atoms with van der Waals surface area (Å²) in [4.78, 5) is 29.6. The van der Waals surface area contributed by atoms with Crippen LogP contribution < -0.4 is 10.0 Å². The molecule has 0 saturated heterocycles. The number of carbonyl (C=O) groups is 2. The van der Waals surface area contributed by atoms with Crippen molar-refractivity contribution >= 4 is 39.2 Å². The second kappa shape index (κ2) is 10.7. The average Bonchev–Trinajstić information content (AvgIpc) is 3.16. The predicted octanol–water partition coefficient (Wildman–Crippen LogP) is 2.77. The number of amides is 1. The minimum absolute atomic E-state index is 0.208. The first-order chi connectivity index (χ1) is 14.5. The van der Waals surface area contributed by atoms with Crippen molar-refractivity contribution in [2.24, 2.45) is 11.8 Å². The van der Waals surface area contributed by atoms with Crippen LogP contribution in [-0.2, 0) is 37.5 Å². The van der Waals surface area contributed by atoms with Gasteiger partial charge in [-0.05, 0) is 36.5 Å². The second-order valence-electron chi connectivity index (χ2n) is 7.31. The van der Waals surface area contributed by atoms with Crippen LogP contribution in [0.15, 0.2) is 29.6 Å². The standard InChI is InChI=1S/C20H27N3O6S2/c1-5-14-11-30-19(21-14)16(22-18(24)17(12(2)3)20(25)29-4)10-13-6-8-15(9-7-13)23-31(26,27)28/h6-9,11-12,16-17,23H,5,10H2,1-4H3,(H,22,24)(H,26,27,28). The molecule has 0 spiro atoms. The molecule has 2 aromatic rings. The second-order valence-corrected chi connectivity index (χ2v) is 9.36. The lowest BCUT2D eigenvalue weighted by Gasteiger charge is -2.22. The lowest BCUT2D eigenvalue weighted by Crippen LogP contribution is -2.41. The highest BCUT2D eigenvalue weighted by Gasteiger charge is 2.33. The number of hydrogen-bond donors (Lipinski definition) is 3. The van der Waals surface area contributed by atoms with Crippen molar-refractivity contribution < 1.29 is 27.3 Å². The molecule has 170 valence electrons. The lowest BCUT2D eigenvalue weighted by atomic mass is 9.94. The van der Waals surface area contributed by atoms with E-state index in [1.807, 2.05) is 17.0 Å². The zero-order chi connectivity index (χ0) is 23.2. The van der Waals surface area contributed by atoms with Crippen molar-refractivity contribution in [1.82, 2.24) is 10.3 Å². The van der Waals surface area contributed by atoms with Gasteiger partial charge in [-0.15, -0.1) is 11.3 Å². The summed E-state index contributed by atoms with van der Waals surface area (Å²) in [5.74, 6) is -2.23. The molecule has 0 saturated carbocycles. The number of esters is 1. The molecule has 0 radical (unpaired) electrons. The molecular weight excluding hydrogens is 442 g/mol. The molecule has 1 amide bonds. The first-order valence-electron chi connectivity index (χ1n) is 9.70.